The molecule has 248 valence electrons. The first-order valence-corrected chi connectivity index (χ1v) is 17.7. The van der Waals surface area contributed by atoms with Crippen LogP contribution in [-0.4, -0.2) is 52.2 Å². The van der Waals surface area contributed by atoms with E-state index in [1.165, 1.54) is 22.3 Å². The Kier molecular flexibility index (Phi) is 8.24. The van der Waals surface area contributed by atoms with Gasteiger partial charge < -0.3 is 25.4 Å². The van der Waals surface area contributed by atoms with Crippen LogP contribution >= 0.6 is 0 Å². The maximum absolute atomic E-state index is 13.1. The van der Waals surface area contributed by atoms with Crippen LogP contribution in [0.15, 0.2) is 48.5 Å². The van der Waals surface area contributed by atoms with Gasteiger partial charge in [0.1, 0.15) is 6.61 Å². The van der Waals surface area contributed by atoms with Gasteiger partial charge in [0.25, 0.3) is 0 Å². The summed E-state index contributed by atoms with van der Waals surface area (Å²) in [4.78, 5) is 24.4. The molecule has 0 aromatic heterocycles. The quantitative estimate of drug-likeness (QED) is 0.262. The van der Waals surface area contributed by atoms with Crippen LogP contribution in [0.4, 0.5) is 4.79 Å². The molecule has 0 heterocycles. The molecule has 5 aliphatic rings. The van der Waals surface area contributed by atoms with Crippen molar-refractivity contribution < 1.29 is 29.6 Å². The number of aliphatic hydroxyl groups excluding tert-OH is 2. The average molecular weight is 630 g/mol. The van der Waals surface area contributed by atoms with Crippen molar-refractivity contribution in [2.45, 2.75) is 103 Å². The highest BCUT2D eigenvalue weighted by Crippen LogP contribution is 2.68. The molecule has 46 heavy (non-hydrogen) atoms. The first-order chi connectivity index (χ1) is 22.0. The second kappa shape index (κ2) is 12.0. The number of fused-ring (bicyclic) bond motifs is 8. The minimum Gasteiger partial charge on any atom is -0.481 e. The van der Waals surface area contributed by atoms with Crippen molar-refractivity contribution in [1.82, 2.24) is 5.32 Å². The van der Waals surface area contributed by atoms with Crippen molar-refractivity contribution in [2.24, 2.45) is 46.3 Å². The third-order valence-electron chi connectivity index (χ3n) is 14.0. The predicted molar refractivity (Wildman–Crippen MR) is 176 cm³/mol. The van der Waals surface area contributed by atoms with Gasteiger partial charge in [0.15, 0.2) is 0 Å². The molecule has 0 bridgehead atoms. The van der Waals surface area contributed by atoms with Crippen molar-refractivity contribution in [3.63, 3.8) is 0 Å². The molecule has 2 aromatic carbocycles. The van der Waals surface area contributed by atoms with Gasteiger partial charge in [-0.3, -0.25) is 4.79 Å². The first-order valence-electron chi connectivity index (χ1n) is 17.7. The van der Waals surface area contributed by atoms with Crippen LogP contribution in [0.1, 0.15) is 95.6 Å². The highest BCUT2D eigenvalue weighted by molar-refractivity contribution is 5.79. The van der Waals surface area contributed by atoms with Gasteiger partial charge in [-0.25, -0.2) is 4.79 Å². The second-order valence-corrected chi connectivity index (χ2v) is 15.9. The smallest absolute Gasteiger partial charge is 0.407 e. The Hall–Kier alpha value is -2.90. The van der Waals surface area contributed by atoms with Crippen molar-refractivity contribution in [3.05, 3.63) is 59.7 Å². The predicted octanol–water partition coefficient (Wildman–Crippen LogP) is 7.00. The molecule has 11 atom stereocenters. The van der Waals surface area contributed by atoms with Crippen LogP contribution in [0.3, 0.4) is 0 Å². The first kappa shape index (κ1) is 31.7. The standard InChI is InChI=1S/C39H51NO6/c1-22(12-15-35(43)44)30-13-14-31-36-32(20-34(42)39(30,31)3)38(2)17-16-24(18-23(38)19-33(36)41)40-37(45)46-21-29-27-10-6-4-8-25(27)26-9-5-7-11-28(26)29/h4-11,22-24,29-34,36,41-42H,12-21H2,1-3H3,(H,40,45)(H,43,44)/t22?,23-,24-,30+,31?,32?,33+,34-,36?,38-,39+/m0/s1. The molecule has 2 aromatic rings. The van der Waals surface area contributed by atoms with Crippen molar-refractivity contribution >= 4 is 12.1 Å². The molecule has 1 amide bonds. The lowest BCUT2D eigenvalue weighted by atomic mass is 9.43. The molecule has 7 rings (SSSR count). The Morgan fingerprint density at radius 3 is 2.28 bits per heavy atom. The molecule has 7 nitrogen and oxygen atoms in total. The average Bonchev–Trinajstić information content (AvgIpc) is 3.56. The van der Waals surface area contributed by atoms with E-state index in [2.05, 4.69) is 62.5 Å². The number of aliphatic carboxylic acids is 1. The molecule has 7 heteroatoms. The van der Waals surface area contributed by atoms with Gasteiger partial charge in [-0.1, -0.05) is 69.3 Å². The Morgan fingerprint density at radius 1 is 0.935 bits per heavy atom. The number of amides is 1. The lowest BCUT2D eigenvalue weighted by molar-refractivity contribution is -0.202. The van der Waals surface area contributed by atoms with E-state index in [1.807, 2.05) is 12.1 Å². The van der Waals surface area contributed by atoms with Crippen LogP contribution in [0, 0.1) is 46.3 Å². The molecule has 5 aliphatic carbocycles. The third-order valence-corrected chi connectivity index (χ3v) is 14.0. The Bertz CT molecular complexity index is 1430. The maximum atomic E-state index is 13.1. The fourth-order valence-electron chi connectivity index (χ4n) is 11.6. The topological polar surface area (TPSA) is 116 Å². The zero-order chi connectivity index (χ0) is 32.4. The monoisotopic (exact) mass is 629 g/mol. The van der Waals surface area contributed by atoms with Crippen LogP contribution in [-0.2, 0) is 9.53 Å². The summed E-state index contributed by atoms with van der Waals surface area (Å²) in [5.41, 5.74) is 4.52. The molecule has 4 N–H and O–H groups in total. The lowest BCUT2D eigenvalue weighted by Gasteiger charge is -2.63. The number of benzene rings is 2. The van der Waals surface area contributed by atoms with E-state index in [0.717, 1.165) is 38.5 Å². The van der Waals surface area contributed by atoms with Gasteiger partial charge in [0.2, 0.25) is 0 Å². The summed E-state index contributed by atoms with van der Waals surface area (Å²) in [6.07, 6.45) is 5.55. The largest absolute Gasteiger partial charge is 0.481 e. The molecule has 4 unspecified atom stereocenters. The summed E-state index contributed by atoms with van der Waals surface area (Å²) in [6, 6.07) is 16.7. The summed E-state index contributed by atoms with van der Waals surface area (Å²) in [5, 5.41) is 36.1. The number of ether oxygens (including phenoxy) is 1. The summed E-state index contributed by atoms with van der Waals surface area (Å²) in [5.74, 6) is 0.639. The summed E-state index contributed by atoms with van der Waals surface area (Å²) >= 11 is 0. The third kappa shape index (κ3) is 5.08. The summed E-state index contributed by atoms with van der Waals surface area (Å²) in [7, 11) is 0. The van der Waals surface area contributed by atoms with E-state index >= 15 is 0 Å². The Balaban J connectivity index is 0.997. The van der Waals surface area contributed by atoms with Gasteiger partial charge in [0, 0.05) is 18.4 Å². The number of nitrogens with one attached hydrogen (secondary N) is 1. The van der Waals surface area contributed by atoms with Crippen LogP contribution in [0.5, 0.6) is 0 Å². The summed E-state index contributed by atoms with van der Waals surface area (Å²) in [6.45, 7) is 7.05. The fraction of sp³-hybridized carbons (Fsp3) is 0.641. The number of alkyl carbamates (subject to hydrolysis) is 1. The highest BCUT2D eigenvalue weighted by atomic mass is 16.5. The number of carboxylic acid groups (broad SMARTS) is 1. The minimum absolute atomic E-state index is 0.00142. The zero-order valence-electron chi connectivity index (χ0n) is 27.5. The number of rotatable bonds is 7. The van der Waals surface area contributed by atoms with E-state index in [4.69, 9.17) is 4.74 Å². The fourth-order valence-corrected chi connectivity index (χ4v) is 11.6. The van der Waals surface area contributed by atoms with Gasteiger partial charge >= 0.3 is 12.1 Å². The van der Waals surface area contributed by atoms with Gasteiger partial charge in [0.05, 0.1) is 12.2 Å². The molecule has 4 fully saturated rings. The van der Waals surface area contributed by atoms with Crippen molar-refractivity contribution in [1.29, 1.82) is 0 Å². The van der Waals surface area contributed by atoms with Crippen LogP contribution < -0.4 is 5.32 Å². The van der Waals surface area contributed by atoms with Crippen molar-refractivity contribution in [3.8, 4) is 11.1 Å². The van der Waals surface area contributed by atoms with E-state index in [0.29, 0.717) is 19.4 Å². The molecule has 0 spiro atoms. The highest BCUT2D eigenvalue weighted by Gasteiger charge is 2.65. The SMILES string of the molecule is CC(CCC(=O)O)[C@H]1CCC2C3C(C[C@H](O)[C@@]21C)[C@@]1(C)CC[C@H](NC(=O)OCC2c4ccccc4-c4ccccc42)C[C@H]1C[C@H]3O. The number of carbonyl (C=O) groups is 2. The molecule has 4 saturated carbocycles. The van der Waals surface area contributed by atoms with E-state index in [9.17, 15) is 24.9 Å². The number of hydrogen-bond donors (Lipinski definition) is 4. The number of hydrogen-bond acceptors (Lipinski definition) is 5. The lowest BCUT2D eigenvalue weighted by Crippen LogP contribution is -2.63. The molecule has 0 saturated heterocycles. The molecule has 0 radical (unpaired) electrons. The van der Waals surface area contributed by atoms with E-state index in [-0.39, 0.29) is 70.8 Å². The Labute approximate surface area is 273 Å². The van der Waals surface area contributed by atoms with Gasteiger partial charge in [-0.15, -0.1) is 0 Å². The van der Waals surface area contributed by atoms with Gasteiger partial charge in [-0.2, -0.15) is 0 Å². The Morgan fingerprint density at radius 2 is 1.61 bits per heavy atom. The van der Waals surface area contributed by atoms with Crippen LogP contribution in [0.2, 0.25) is 0 Å². The number of aliphatic hydroxyl groups is 2. The second-order valence-electron chi connectivity index (χ2n) is 15.9. The molecular formula is C39H51NO6. The number of carboxylic acids is 1. The van der Waals surface area contributed by atoms with E-state index < -0.39 is 18.2 Å². The molecular weight excluding hydrogens is 578 g/mol. The maximum Gasteiger partial charge on any atom is 0.407 e. The van der Waals surface area contributed by atoms with E-state index in [1.54, 1.807) is 0 Å². The number of carbonyl (C=O) groups excluding carboxylic acids is 1. The van der Waals surface area contributed by atoms with Gasteiger partial charge in [-0.05, 0) is 120 Å². The zero-order valence-corrected chi connectivity index (χ0v) is 27.5. The van der Waals surface area contributed by atoms with Crippen LogP contribution in [0.25, 0.3) is 11.1 Å². The minimum atomic E-state index is -0.763. The normalized spacial score (nSPS) is 38.5. The summed E-state index contributed by atoms with van der Waals surface area (Å²) < 4.78 is 5.88. The molecule has 0 aliphatic heterocycles. The van der Waals surface area contributed by atoms with Crippen molar-refractivity contribution in [2.75, 3.05) is 6.61 Å².